The van der Waals surface area contributed by atoms with Crippen LogP contribution in [-0.4, -0.2) is 17.6 Å². The lowest BCUT2D eigenvalue weighted by Gasteiger charge is -2.10. The van der Waals surface area contributed by atoms with Crippen molar-refractivity contribution in [1.29, 1.82) is 0 Å². The SMILES string of the molecule is CC(O)c1cccc(OCC(=O)Nc2cccc(F)c2)c1. The van der Waals surface area contributed by atoms with Crippen LogP contribution in [0.1, 0.15) is 18.6 Å². The third-order valence-electron chi connectivity index (χ3n) is 2.82. The minimum absolute atomic E-state index is 0.195. The van der Waals surface area contributed by atoms with Gasteiger partial charge < -0.3 is 15.2 Å². The Bertz CT molecular complexity index is 628. The van der Waals surface area contributed by atoms with Gasteiger partial charge in [-0.05, 0) is 42.8 Å². The molecule has 1 atom stereocenters. The Morgan fingerprint density at radius 2 is 2.05 bits per heavy atom. The molecule has 4 nitrogen and oxygen atoms in total. The summed E-state index contributed by atoms with van der Waals surface area (Å²) in [5, 5.41) is 12.0. The largest absolute Gasteiger partial charge is 0.484 e. The lowest BCUT2D eigenvalue weighted by atomic mass is 10.1. The number of rotatable bonds is 5. The smallest absolute Gasteiger partial charge is 0.262 e. The van der Waals surface area contributed by atoms with E-state index in [2.05, 4.69) is 5.32 Å². The summed E-state index contributed by atoms with van der Waals surface area (Å²) >= 11 is 0. The molecule has 0 aliphatic rings. The quantitative estimate of drug-likeness (QED) is 0.889. The highest BCUT2D eigenvalue weighted by atomic mass is 19.1. The minimum Gasteiger partial charge on any atom is -0.484 e. The molecule has 2 rings (SSSR count). The van der Waals surface area contributed by atoms with E-state index in [9.17, 15) is 14.3 Å². The van der Waals surface area contributed by atoms with Gasteiger partial charge in [-0.15, -0.1) is 0 Å². The number of halogens is 1. The van der Waals surface area contributed by atoms with Crippen LogP contribution >= 0.6 is 0 Å². The van der Waals surface area contributed by atoms with Crippen LogP contribution in [0.15, 0.2) is 48.5 Å². The van der Waals surface area contributed by atoms with Crippen LogP contribution in [0.3, 0.4) is 0 Å². The van der Waals surface area contributed by atoms with Gasteiger partial charge in [-0.25, -0.2) is 4.39 Å². The number of carbonyl (C=O) groups is 1. The third kappa shape index (κ3) is 4.57. The molecule has 0 fully saturated rings. The molecule has 0 bridgehead atoms. The molecule has 0 radical (unpaired) electrons. The molecule has 0 aliphatic heterocycles. The maximum absolute atomic E-state index is 13.0. The van der Waals surface area contributed by atoms with Crippen molar-refractivity contribution in [3.05, 3.63) is 59.9 Å². The summed E-state index contributed by atoms with van der Waals surface area (Å²) < 4.78 is 18.3. The lowest BCUT2D eigenvalue weighted by Crippen LogP contribution is -2.20. The molecule has 110 valence electrons. The topological polar surface area (TPSA) is 58.6 Å². The van der Waals surface area contributed by atoms with Gasteiger partial charge in [0.15, 0.2) is 6.61 Å². The standard InChI is InChI=1S/C16H16FNO3/c1-11(19)12-4-2-7-15(8-12)21-10-16(20)18-14-6-3-5-13(17)9-14/h2-9,11,19H,10H2,1H3,(H,18,20). The molecule has 2 aromatic rings. The molecule has 0 spiro atoms. The van der Waals surface area contributed by atoms with E-state index in [1.807, 2.05) is 0 Å². The van der Waals surface area contributed by atoms with Crippen molar-refractivity contribution in [2.75, 3.05) is 11.9 Å². The monoisotopic (exact) mass is 289 g/mol. The van der Waals surface area contributed by atoms with E-state index in [1.165, 1.54) is 18.2 Å². The molecule has 1 amide bonds. The number of nitrogens with one attached hydrogen (secondary N) is 1. The van der Waals surface area contributed by atoms with Crippen molar-refractivity contribution in [3.8, 4) is 5.75 Å². The Morgan fingerprint density at radius 3 is 2.76 bits per heavy atom. The van der Waals surface area contributed by atoms with Gasteiger partial charge in [-0.1, -0.05) is 18.2 Å². The predicted octanol–water partition coefficient (Wildman–Crippen LogP) is 2.90. The zero-order valence-electron chi connectivity index (χ0n) is 11.5. The molecular weight excluding hydrogens is 273 g/mol. The van der Waals surface area contributed by atoms with E-state index in [0.717, 1.165) is 0 Å². The molecule has 5 heteroatoms. The van der Waals surface area contributed by atoms with Gasteiger partial charge in [0.25, 0.3) is 5.91 Å². The molecule has 1 unspecified atom stereocenters. The molecule has 2 N–H and O–H groups in total. The number of anilines is 1. The second-order valence-corrected chi connectivity index (χ2v) is 4.60. The first kappa shape index (κ1) is 15.0. The molecular formula is C16H16FNO3. The fourth-order valence-corrected chi connectivity index (χ4v) is 1.78. The van der Waals surface area contributed by atoms with Crippen LogP contribution in [0.4, 0.5) is 10.1 Å². The van der Waals surface area contributed by atoms with Crippen LogP contribution in [0.2, 0.25) is 0 Å². The number of aliphatic hydroxyl groups excluding tert-OH is 1. The second-order valence-electron chi connectivity index (χ2n) is 4.60. The summed E-state index contributed by atoms with van der Waals surface area (Å²) in [6.07, 6.45) is -0.602. The first-order valence-corrected chi connectivity index (χ1v) is 6.51. The molecule has 0 heterocycles. The van der Waals surface area contributed by atoms with Crippen molar-refractivity contribution < 1.29 is 19.0 Å². The Morgan fingerprint density at radius 1 is 1.29 bits per heavy atom. The average molecular weight is 289 g/mol. The van der Waals surface area contributed by atoms with Gasteiger partial charge >= 0.3 is 0 Å². The summed E-state index contributed by atoms with van der Waals surface area (Å²) in [5.74, 6) is -0.316. The van der Waals surface area contributed by atoms with Gasteiger partial charge in [0.2, 0.25) is 0 Å². The number of hydrogen-bond donors (Lipinski definition) is 2. The van der Waals surface area contributed by atoms with E-state index in [4.69, 9.17) is 4.74 Å². The summed E-state index contributed by atoms with van der Waals surface area (Å²) in [6.45, 7) is 1.45. The normalized spacial score (nSPS) is 11.8. The maximum Gasteiger partial charge on any atom is 0.262 e. The minimum atomic E-state index is -0.602. The van der Waals surface area contributed by atoms with Crippen molar-refractivity contribution in [1.82, 2.24) is 0 Å². The average Bonchev–Trinajstić information content (AvgIpc) is 2.45. The van der Waals surface area contributed by atoms with Crippen LogP contribution < -0.4 is 10.1 Å². The predicted molar refractivity (Wildman–Crippen MR) is 77.6 cm³/mol. The van der Waals surface area contributed by atoms with Crippen LogP contribution in [0.5, 0.6) is 5.75 Å². The summed E-state index contributed by atoms with van der Waals surface area (Å²) in [6, 6.07) is 12.5. The van der Waals surface area contributed by atoms with Crippen LogP contribution in [0.25, 0.3) is 0 Å². The van der Waals surface area contributed by atoms with Crippen molar-refractivity contribution in [2.45, 2.75) is 13.0 Å². The van der Waals surface area contributed by atoms with E-state index >= 15 is 0 Å². The zero-order chi connectivity index (χ0) is 15.2. The second kappa shape index (κ2) is 6.85. The molecule has 0 aromatic heterocycles. The van der Waals surface area contributed by atoms with Gasteiger partial charge in [0.05, 0.1) is 6.10 Å². The van der Waals surface area contributed by atoms with Crippen molar-refractivity contribution in [3.63, 3.8) is 0 Å². The van der Waals surface area contributed by atoms with Crippen LogP contribution in [0, 0.1) is 5.82 Å². The molecule has 21 heavy (non-hydrogen) atoms. The fourth-order valence-electron chi connectivity index (χ4n) is 1.78. The van der Waals surface area contributed by atoms with Gasteiger partial charge in [0, 0.05) is 5.69 Å². The van der Waals surface area contributed by atoms with E-state index < -0.39 is 11.9 Å². The molecule has 0 aliphatic carbocycles. The highest BCUT2D eigenvalue weighted by Crippen LogP contribution is 2.18. The van der Waals surface area contributed by atoms with Crippen molar-refractivity contribution in [2.24, 2.45) is 0 Å². The summed E-state index contributed by atoms with van der Waals surface area (Å²) in [7, 11) is 0. The summed E-state index contributed by atoms with van der Waals surface area (Å²) in [4.78, 5) is 11.7. The number of hydrogen-bond acceptors (Lipinski definition) is 3. The van der Waals surface area contributed by atoms with E-state index in [1.54, 1.807) is 37.3 Å². The Balaban J connectivity index is 1.90. The highest BCUT2D eigenvalue weighted by molar-refractivity contribution is 5.91. The van der Waals surface area contributed by atoms with Gasteiger partial charge in [0.1, 0.15) is 11.6 Å². The first-order chi connectivity index (χ1) is 10.0. The Hall–Kier alpha value is -2.40. The molecule has 2 aromatic carbocycles. The Labute approximate surface area is 122 Å². The number of ether oxygens (including phenoxy) is 1. The lowest BCUT2D eigenvalue weighted by molar-refractivity contribution is -0.118. The van der Waals surface area contributed by atoms with Crippen molar-refractivity contribution >= 4 is 11.6 Å². The number of carbonyl (C=O) groups excluding carboxylic acids is 1. The Kier molecular flexibility index (Phi) is 4.90. The fraction of sp³-hybridized carbons (Fsp3) is 0.188. The number of benzene rings is 2. The molecule has 0 saturated carbocycles. The first-order valence-electron chi connectivity index (χ1n) is 6.51. The highest BCUT2D eigenvalue weighted by Gasteiger charge is 2.06. The summed E-state index contributed by atoms with van der Waals surface area (Å²) in [5.41, 5.74) is 1.08. The van der Waals surface area contributed by atoms with Gasteiger partial charge in [-0.2, -0.15) is 0 Å². The van der Waals surface area contributed by atoms with E-state index in [-0.39, 0.29) is 12.5 Å². The van der Waals surface area contributed by atoms with Crippen LogP contribution in [-0.2, 0) is 4.79 Å². The number of amides is 1. The maximum atomic E-state index is 13.0. The number of aliphatic hydroxyl groups is 1. The molecule has 0 saturated heterocycles. The van der Waals surface area contributed by atoms with Gasteiger partial charge in [-0.3, -0.25) is 4.79 Å². The zero-order valence-corrected chi connectivity index (χ0v) is 11.5. The third-order valence-corrected chi connectivity index (χ3v) is 2.82. The van der Waals surface area contributed by atoms with E-state index in [0.29, 0.717) is 17.0 Å².